The van der Waals surface area contributed by atoms with Crippen LogP contribution < -0.4 is 4.90 Å². The van der Waals surface area contributed by atoms with Gasteiger partial charge in [-0.1, -0.05) is 17.7 Å². The average Bonchev–Trinajstić information content (AvgIpc) is 3.41. The predicted molar refractivity (Wildman–Crippen MR) is 120 cm³/mol. The maximum absolute atomic E-state index is 13.4. The lowest BCUT2D eigenvalue weighted by atomic mass is 9.90. The van der Waals surface area contributed by atoms with E-state index in [0.29, 0.717) is 4.88 Å². The number of anilines is 1. The first kappa shape index (κ1) is 21.7. The van der Waals surface area contributed by atoms with Crippen LogP contribution in [0.15, 0.2) is 53.9 Å². The summed E-state index contributed by atoms with van der Waals surface area (Å²) in [7, 11) is 0. The third kappa shape index (κ3) is 3.07. The van der Waals surface area contributed by atoms with Crippen LogP contribution in [0.5, 0.6) is 0 Å². The number of amides is 3. The summed E-state index contributed by atoms with van der Waals surface area (Å²) in [5, 5.41) is 24.6. The molecule has 1 saturated heterocycles. The van der Waals surface area contributed by atoms with Crippen molar-refractivity contribution in [2.24, 2.45) is 0 Å². The van der Waals surface area contributed by atoms with Crippen molar-refractivity contribution in [2.75, 3.05) is 4.90 Å². The summed E-state index contributed by atoms with van der Waals surface area (Å²) in [6, 6.07) is 8.37. The fraction of sp³-hybridized carbons (Fsp3) is 0.0952. The smallest absolute Gasteiger partial charge is 0.293 e. The van der Waals surface area contributed by atoms with E-state index in [4.69, 9.17) is 11.6 Å². The Morgan fingerprint density at radius 3 is 2.24 bits per heavy atom. The Morgan fingerprint density at radius 2 is 1.59 bits per heavy atom. The molecule has 1 aromatic heterocycles. The second-order valence-corrected chi connectivity index (χ2v) is 8.89. The molecule has 13 heteroatoms. The number of benzene rings is 2. The minimum atomic E-state index is -1.28. The summed E-state index contributed by atoms with van der Waals surface area (Å²) < 4.78 is 0. The molecule has 3 heterocycles. The van der Waals surface area contributed by atoms with E-state index in [1.165, 1.54) is 29.5 Å². The van der Waals surface area contributed by atoms with Crippen LogP contribution in [0, 0.1) is 20.2 Å². The molecule has 3 aromatic rings. The van der Waals surface area contributed by atoms with Crippen LogP contribution in [-0.2, 0) is 4.79 Å². The number of nitro benzene ring substituents is 2. The number of rotatable bonds is 5. The Bertz CT molecular complexity index is 1420. The van der Waals surface area contributed by atoms with Gasteiger partial charge >= 0.3 is 0 Å². The number of hydrogen-bond acceptors (Lipinski definition) is 8. The van der Waals surface area contributed by atoms with Crippen molar-refractivity contribution in [3.8, 4) is 0 Å². The van der Waals surface area contributed by atoms with Gasteiger partial charge in [-0.05, 0) is 29.6 Å². The largest absolute Gasteiger partial charge is 0.294 e. The van der Waals surface area contributed by atoms with Gasteiger partial charge in [-0.3, -0.25) is 44.4 Å². The first-order valence-corrected chi connectivity index (χ1v) is 10.9. The highest BCUT2D eigenvalue weighted by Crippen LogP contribution is 2.48. The molecule has 0 saturated carbocycles. The van der Waals surface area contributed by atoms with E-state index in [2.05, 4.69) is 0 Å². The summed E-state index contributed by atoms with van der Waals surface area (Å²) in [4.78, 5) is 63.5. The van der Waals surface area contributed by atoms with Crippen LogP contribution in [0.4, 0.5) is 17.1 Å². The van der Waals surface area contributed by atoms with E-state index in [9.17, 15) is 34.6 Å². The van der Waals surface area contributed by atoms with Gasteiger partial charge in [0.05, 0.1) is 21.0 Å². The van der Waals surface area contributed by atoms with Crippen molar-refractivity contribution in [1.29, 1.82) is 0 Å². The molecular formula is C21H11ClN4O7S. The minimum Gasteiger partial charge on any atom is -0.293 e. The van der Waals surface area contributed by atoms with Crippen LogP contribution in [0.1, 0.15) is 31.6 Å². The number of imide groups is 1. The van der Waals surface area contributed by atoms with Crippen LogP contribution in [0.25, 0.3) is 0 Å². The van der Waals surface area contributed by atoms with E-state index in [1.54, 1.807) is 17.5 Å². The number of carbonyl (C=O) groups is 3. The first-order valence-electron chi connectivity index (χ1n) is 9.67. The number of nitrogens with zero attached hydrogens (tertiary/aromatic N) is 4. The van der Waals surface area contributed by atoms with Crippen molar-refractivity contribution in [1.82, 2.24) is 4.90 Å². The molecule has 2 aliphatic heterocycles. The normalized spacial score (nSPS) is 19.3. The fourth-order valence-electron chi connectivity index (χ4n) is 4.20. The van der Waals surface area contributed by atoms with Gasteiger partial charge in [0.1, 0.15) is 17.8 Å². The number of fused-ring (bicyclic) bond motifs is 1. The van der Waals surface area contributed by atoms with E-state index in [1.807, 2.05) is 0 Å². The van der Waals surface area contributed by atoms with Gasteiger partial charge in [-0.2, -0.15) is 0 Å². The van der Waals surface area contributed by atoms with Crippen LogP contribution in [-0.4, -0.2) is 38.5 Å². The number of non-ortho nitro benzene ring substituents is 1. The predicted octanol–water partition coefficient (Wildman–Crippen LogP) is 3.97. The van der Waals surface area contributed by atoms with Gasteiger partial charge in [0.15, 0.2) is 0 Å². The minimum absolute atomic E-state index is 0.0266. The van der Waals surface area contributed by atoms with Gasteiger partial charge < -0.3 is 0 Å². The van der Waals surface area contributed by atoms with E-state index < -0.39 is 45.3 Å². The Balaban J connectivity index is 1.59. The van der Waals surface area contributed by atoms with Gasteiger partial charge in [-0.15, -0.1) is 11.3 Å². The Labute approximate surface area is 199 Å². The van der Waals surface area contributed by atoms with E-state index in [0.717, 1.165) is 28.0 Å². The lowest BCUT2D eigenvalue weighted by Gasteiger charge is -2.48. The highest BCUT2D eigenvalue weighted by Gasteiger charge is 2.58. The van der Waals surface area contributed by atoms with Crippen molar-refractivity contribution in [3.05, 3.63) is 95.2 Å². The van der Waals surface area contributed by atoms with Gasteiger partial charge in [0.25, 0.3) is 29.1 Å². The maximum atomic E-state index is 13.4. The lowest BCUT2D eigenvalue weighted by Crippen LogP contribution is -2.67. The molecule has 5 rings (SSSR count). The molecule has 170 valence electrons. The molecule has 2 atom stereocenters. The molecule has 0 bridgehead atoms. The SMILES string of the molecule is O=C1c2ccc([N+](=O)[O-])cc2C(=O)N1[C@H]1C(=O)N(c2ccc(Cl)cc2[N+](=O)[O-])[C@@H]1c1cccs1. The summed E-state index contributed by atoms with van der Waals surface area (Å²) in [6.45, 7) is 0. The molecule has 3 amide bonds. The molecule has 34 heavy (non-hydrogen) atoms. The lowest BCUT2D eigenvalue weighted by molar-refractivity contribution is -0.384. The third-order valence-electron chi connectivity index (χ3n) is 5.69. The van der Waals surface area contributed by atoms with Gasteiger partial charge in [-0.25, -0.2) is 0 Å². The summed E-state index contributed by atoms with van der Waals surface area (Å²) in [5.74, 6) is -2.30. The number of β-lactam (4-membered cyclic amide) rings is 1. The Kier molecular flexibility index (Phi) is 4.92. The highest BCUT2D eigenvalue weighted by molar-refractivity contribution is 7.10. The molecule has 11 nitrogen and oxygen atoms in total. The highest BCUT2D eigenvalue weighted by atomic mass is 35.5. The zero-order chi connectivity index (χ0) is 24.3. The Morgan fingerprint density at radius 1 is 0.853 bits per heavy atom. The maximum Gasteiger partial charge on any atom is 0.294 e. The fourth-order valence-corrected chi connectivity index (χ4v) is 5.21. The number of thiophene rings is 1. The topological polar surface area (TPSA) is 144 Å². The first-order chi connectivity index (χ1) is 16.2. The van der Waals surface area contributed by atoms with Gasteiger partial charge in [0.2, 0.25) is 0 Å². The molecule has 2 aromatic carbocycles. The number of halogens is 1. The molecule has 0 spiro atoms. The molecule has 0 aliphatic carbocycles. The Hall–Kier alpha value is -4.16. The molecule has 0 radical (unpaired) electrons. The van der Waals surface area contributed by atoms with Crippen molar-refractivity contribution >= 4 is 57.7 Å². The van der Waals surface area contributed by atoms with Crippen LogP contribution in [0.3, 0.4) is 0 Å². The van der Waals surface area contributed by atoms with E-state index >= 15 is 0 Å². The van der Waals surface area contributed by atoms with Crippen molar-refractivity contribution in [3.63, 3.8) is 0 Å². The monoisotopic (exact) mass is 498 g/mol. The zero-order valence-corrected chi connectivity index (χ0v) is 18.4. The number of nitro groups is 2. The quantitative estimate of drug-likeness (QED) is 0.224. The van der Waals surface area contributed by atoms with E-state index in [-0.39, 0.29) is 27.5 Å². The van der Waals surface area contributed by atoms with Crippen molar-refractivity contribution in [2.45, 2.75) is 12.1 Å². The average molecular weight is 499 g/mol. The second kappa shape index (κ2) is 7.71. The molecule has 2 aliphatic rings. The zero-order valence-electron chi connectivity index (χ0n) is 16.8. The number of hydrogen-bond donors (Lipinski definition) is 0. The second-order valence-electron chi connectivity index (χ2n) is 7.47. The third-order valence-corrected chi connectivity index (χ3v) is 6.86. The summed E-state index contributed by atoms with van der Waals surface area (Å²) in [6.07, 6.45) is 0. The molecule has 1 fully saturated rings. The van der Waals surface area contributed by atoms with Crippen LogP contribution in [0.2, 0.25) is 5.02 Å². The molecular weight excluding hydrogens is 488 g/mol. The standard InChI is InChI=1S/C21H11ClN4O7S/c22-10-3-6-14(15(8-10)26(32)33)23-17(16-2-1-7-34-16)18(21(23)29)24-19(27)12-5-4-11(25(30)31)9-13(12)20(24)28/h1-9,17-18H/t17-,18-/m1/s1. The molecule has 0 unspecified atom stereocenters. The summed E-state index contributed by atoms with van der Waals surface area (Å²) >= 11 is 7.16. The summed E-state index contributed by atoms with van der Waals surface area (Å²) in [5.41, 5.74) is -1.02. The number of carbonyl (C=O) groups excluding carboxylic acids is 3. The molecule has 0 N–H and O–H groups in total. The van der Waals surface area contributed by atoms with Crippen molar-refractivity contribution < 1.29 is 24.2 Å². The van der Waals surface area contributed by atoms with Gasteiger partial charge in [0, 0.05) is 28.1 Å². The van der Waals surface area contributed by atoms with Crippen LogP contribution >= 0.6 is 22.9 Å².